The van der Waals surface area contributed by atoms with E-state index in [-0.39, 0.29) is 0 Å². The molecule has 20 nitrogen and oxygen atoms in total. The lowest BCUT2D eigenvalue weighted by molar-refractivity contribution is 0.628. The fraction of sp³-hybridized carbons (Fsp3) is 0.269. The van der Waals surface area contributed by atoms with Gasteiger partial charge in [0.1, 0.15) is 52.4 Å². The third kappa shape index (κ3) is 17.0. The van der Waals surface area contributed by atoms with E-state index in [4.69, 9.17) is 51.6 Å². The van der Waals surface area contributed by atoms with Crippen LogP contribution in [0.5, 0.6) is 0 Å². The number of nitrogen functional groups attached to an aromatic ring is 9. The molecule has 0 saturated heterocycles. The summed E-state index contributed by atoms with van der Waals surface area (Å²) in [5.41, 5.74) is 72.3. The van der Waals surface area contributed by atoms with Crippen molar-refractivity contribution in [2.24, 2.45) is 13.0 Å². The van der Waals surface area contributed by atoms with Crippen molar-refractivity contribution in [2.75, 3.05) is 51.6 Å². The van der Waals surface area contributed by atoms with Crippen LogP contribution in [0.2, 0.25) is 0 Å². The van der Waals surface area contributed by atoms with Crippen molar-refractivity contribution >= 4 is 113 Å². The second kappa shape index (κ2) is 31.8. The number of allylic oxidation sites excluding steroid dienone is 4. The molecule has 12 heterocycles. The summed E-state index contributed by atoms with van der Waals surface area (Å²) in [6.07, 6.45) is 35.4. The molecule has 4 atom stereocenters. The van der Waals surface area contributed by atoms with Crippen molar-refractivity contribution in [2.45, 2.75) is 125 Å². The predicted molar refractivity (Wildman–Crippen MR) is 413 cm³/mol. The van der Waals surface area contributed by atoms with Crippen LogP contribution < -0.4 is 51.6 Å². The highest BCUT2D eigenvalue weighted by Gasteiger charge is 2.23. The van der Waals surface area contributed by atoms with Gasteiger partial charge in [-0.2, -0.15) is 0 Å². The summed E-state index contributed by atoms with van der Waals surface area (Å²) >= 11 is 1.69. The van der Waals surface area contributed by atoms with Crippen molar-refractivity contribution in [3.63, 3.8) is 0 Å². The van der Waals surface area contributed by atoms with Crippen molar-refractivity contribution in [1.82, 2.24) is 54.4 Å². The van der Waals surface area contributed by atoms with E-state index >= 15 is 0 Å². The predicted octanol–water partition coefficient (Wildman–Crippen LogP) is 14.7. The highest BCUT2D eigenvalue weighted by molar-refractivity contribution is 7.19. The van der Waals surface area contributed by atoms with Gasteiger partial charge < -0.3 is 61.2 Å². The third-order valence-electron chi connectivity index (χ3n) is 18.5. The van der Waals surface area contributed by atoms with Gasteiger partial charge in [0.15, 0.2) is 0 Å². The van der Waals surface area contributed by atoms with Gasteiger partial charge in [-0.05, 0) is 225 Å². The Balaban J connectivity index is 0.000000120. The van der Waals surface area contributed by atoms with Gasteiger partial charge in [0.2, 0.25) is 0 Å². The maximum Gasteiger partial charge on any atom is 0.147 e. The number of nitrogens with zero attached hydrogens (tertiary/aromatic N) is 10. The zero-order chi connectivity index (χ0) is 70.6. The lowest BCUT2D eigenvalue weighted by atomic mass is 10.0. The van der Waals surface area contributed by atoms with Gasteiger partial charge >= 0.3 is 0 Å². The Morgan fingerprint density at radius 2 is 1.08 bits per heavy atom. The number of H-pyrrole nitrogens is 1. The van der Waals surface area contributed by atoms with Crippen molar-refractivity contribution < 1.29 is 0 Å². The number of thiophene rings is 1. The Hall–Kier alpha value is -11.2. The first kappa shape index (κ1) is 70.6. The largest absolute Gasteiger partial charge is 0.383 e. The fourth-order valence-corrected chi connectivity index (χ4v) is 14.2. The van der Waals surface area contributed by atoms with Crippen molar-refractivity contribution in [1.29, 1.82) is 0 Å². The van der Waals surface area contributed by atoms with Gasteiger partial charge in [-0.3, -0.25) is 0 Å². The van der Waals surface area contributed by atoms with Crippen LogP contribution in [-0.2, 0) is 45.6 Å². The van der Waals surface area contributed by atoms with Gasteiger partial charge in [-0.15, -0.1) is 11.3 Å². The Morgan fingerprint density at radius 3 is 1.74 bits per heavy atom. The number of aromatic nitrogens is 11. The summed E-state index contributed by atoms with van der Waals surface area (Å²) in [6.45, 7) is 17.1. The number of hydrogen-bond acceptors (Lipinski definition) is 19. The minimum atomic E-state index is 0.496. The topological polar surface area (TPSA) is 371 Å². The van der Waals surface area contributed by atoms with E-state index in [1.165, 1.54) is 97.2 Å². The van der Waals surface area contributed by atoms with Gasteiger partial charge in [-0.1, -0.05) is 57.6 Å². The smallest absolute Gasteiger partial charge is 0.147 e. The lowest BCUT2D eigenvalue weighted by Crippen LogP contribution is -1.98. The van der Waals surface area contributed by atoms with Gasteiger partial charge in [0.25, 0.3) is 0 Å². The number of hydrogen-bond donors (Lipinski definition) is 10. The van der Waals surface area contributed by atoms with Crippen LogP contribution in [0.15, 0.2) is 152 Å². The Labute approximate surface area is 583 Å². The molecule has 0 saturated carbocycles. The maximum absolute atomic E-state index is 5.75. The standard InChI is InChI=1S/C9H12N2.C9H10N2.C9H12N2.C9H10N2.C9H12N2.C9H10N2.2C8H9N3.C8H8N2S/c2*1-6-4-7-2-3-11-9(10)8(7)5-6;2*1-6-2-3-8-7(6)4-5-11-9(8)10;2*1-6-2-3-7-4-5-11-9(10)8(6)7;1-11-5-3-6-7(11)2-4-10-8(6)9;2*1-5-4-6-2-3-10-8(9)7(6)11-5/h2-3,6H,4-5H2,1H3,(H2,10,11);2-3,5H,4H2,1H3,(H2,10,11);4-6H,2-3H2,1H3,(H2,10,11);2-6H,1H3,(H2,10,11);4-6H,2-3H2,1H3,(H2,10,11);2,4-5H,3H2,1H3,(H2,10,11);2-5H,1H3,(H2,9,10);2-4,11H,1H3,(H2,9,10);2-4H,1H3,(H2,9,10). The van der Waals surface area contributed by atoms with Crippen molar-refractivity contribution in [3.05, 3.63) is 230 Å². The first-order valence-corrected chi connectivity index (χ1v) is 34.2. The minimum Gasteiger partial charge on any atom is -0.383 e. The molecule has 21 heteroatoms. The second-order valence-corrected chi connectivity index (χ2v) is 27.3. The van der Waals surface area contributed by atoms with E-state index in [2.05, 4.69) is 141 Å². The van der Waals surface area contributed by atoms with E-state index in [1.807, 2.05) is 79.3 Å². The number of aromatic amines is 1. The number of anilines is 9. The van der Waals surface area contributed by atoms with Crippen LogP contribution in [0.4, 0.5) is 52.4 Å². The van der Waals surface area contributed by atoms with E-state index in [9.17, 15) is 0 Å². The molecule has 0 fully saturated rings. The molecule has 510 valence electrons. The zero-order valence-electron chi connectivity index (χ0n) is 58.1. The Morgan fingerprint density at radius 1 is 0.505 bits per heavy atom. The molecule has 19 N–H and O–H groups in total. The third-order valence-corrected chi connectivity index (χ3v) is 19.6. The molecule has 4 unspecified atom stereocenters. The molecule has 6 aliphatic rings. The normalized spacial score (nSPS) is 16.3. The monoisotopic (exact) mass is 1340 g/mol. The maximum atomic E-state index is 5.75. The molecule has 0 spiro atoms. The van der Waals surface area contributed by atoms with E-state index in [1.54, 1.807) is 67.1 Å². The number of fused-ring (bicyclic) bond motifs is 9. The number of nitrogens with one attached hydrogen (secondary N) is 1. The molecular weight excluding hydrogens is 1250 g/mol. The average molecular weight is 1340 g/mol. The molecule has 12 aromatic heterocycles. The highest BCUT2D eigenvalue weighted by Crippen LogP contribution is 2.37. The number of aryl methyl sites for hydroxylation is 4. The molecule has 6 aliphatic carbocycles. The number of nitrogens with two attached hydrogens (primary N) is 9. The van der Waals surface area contributed by atoms with Crippen LogP contribution in [0.1, 0.15) is 149 Å². The lowest BCUT2D eigenvalue weighted by Gasteiger charge is -2.05. The quantitative estimate of drug-likeness (QED) is 0.0674. The molecule has 99 heavy (non-hydrogen) atoms. The summed E-state index contributed by atoms with van der Waals surface area (Å²) in [4.78, 5) is 40.7. The first-order chi connectivity index (χ1) is 47.5. The Kier molecular flexibility index (Phi) is 22.7. The Bertz CT molecular complexity index is 4810. The average Bonchev–Trinajstić information content (AvgIpc) is 1.74. The molecular formula is C78H92N20S. The molecule has 0 aliphatic heterocycles. The van der Waals surface area contributed by atoms with Crippen LogP contribution in [0.25, 0.3) is 49.6 Å². The molecule has 18 rings (SSSR count). The SMILES string of the molecule is CC1=CCc2ccnc(N)c21.CC1=Cc2c(ccnc2N)C1.CC1C=Cc2c1ccnc2N.CC1CCc2c1ccnc2N.CC1CCc2ccnc(N)c21.CC1Cc2ccnc(N)c2C1.Cc1cc2ccnc(N)c2[nH]1.Cc1cc2ccnc(N)c2s1.Cn1ccc2c(N)nccc21. The molecule has 12 aromatic rings. The van der Waals surface area contributed by atoms with Gasteiger partial charge in [0, 0.05) is 119 Å². The van der Waals surface area contributed by atoms with Crippen molar-refractivity contribution in [3.8, 4) is 0 Å². The summed E-state index contributed by atoms with van der Waals surface area (Å²) < 4.78 is 3.12. The summed E-state index contributed by atoms with van der Waals surface area (Å²) in [7, 11) is 1.99. The molecule has 0 radical (unpaired) electrons. The zero-order valence-corrected chi connectivity index (χ0v) is 58.9. The van der Waals surface area contributed by atoms with Gasteiger partial charge in [-0.25, -0.2) is 44.9 Å². The van der Waals surface area contributed by atoms with E-state index in [0.717, 1.165) is 97.9 Å². The molecule has 0 aromatic carbocycles. The number of rotatable bonds is 0. The van der Waals surface area contributed by atoms with Crippen LogP contribution >= 0.6 is 11.3 Å². The van der Waals surface area contributed by atoms with E-state index < -0.39 is 0 Å². The fourth-order valence-electron chi connectivity index (χ4n) is 13.3. The van der Waals surface area contributed by atoms with Crippen LogP contribution in [0.3, 0.4) is 0 Å². The van der Waals surface area contributed by atoms with Gasteiger partial charge in [0.05, 0.1) is 15.7 Å². The summed E-state index contributed by atoms with van der Waals surface area (Å²) in [6, 6.07) is 24.3. The number of pyridine rings is 9. The highest BCUT2D eigenvalue weighted by atomic mass is 32.1. The van der Waals surface area contributed by atoms with E-state index in [0.29, 0.717) is 52.7 Å². The van der Waals surface area contributed by atoms with Crippen LogP contribution in [0, 0.1) is 19.8 Å². The second-order valence-electron chi connectivity index (χ2n) is 26.0. The van der Waals surface area contributed by atoms with Crippen LogP contribution in [-0.4, -0.2) is 54.4 Å². The summed E-state index contributed by atoms with van der Waals surface area (Å²) in [5, 5.41) is 3.34. The first-order valence-electron chi connectivity index (χ1n) is 33.4. The summed E-state index contributed by atoms with van der Waals surface area (Å²) in [5.74, 6) is 8.47. The molecule has 0 amide bonds. The molecule has 0 bridgehead atoms. The minimum absolute atomic E-state index is 0.496.